The van der Waals surface area contributed by atoms with Gasteiger partial charge in [0.05, 0.1) is 13.2 Å². The number of hydrogen-bond donors (Lipinski definition) is 1. The van der Waals surface area contributed by atoms with Crippen molar-refractivity contribution >= 4 is 23.9 Å². The average molecular weight is 416 g/mol. The van der Waals surface area contributed by atoms with E-state index >= 15 is 0 Å². The maximum Gasteiger partial charge on any atom is 0.409 e. The molecule has 162 valence electrons. The van der Waals surface area contributed by atoms with Gasteiger partial charge in [-0.1, -0.05) is 29.8 Å². The summed E-state index contributed by atoms with van der Waals surface area (Å²) >= 11 is 0. The molecule has 0 bridgehead atoms. The van der Waals surface area contributed by atoms with Crippen LogP contribution in [0.2, 0.25) is 0 Å². The highest BCUT2D eigenvalue weighted by Gasteiger charge is 2.42. The third-order valence-electron chi connectivity index (χ3n) is 5.16. The summed E-state index contributed by atoms with van der Waals surface area (Å²) in [7, 11) is 0. The normalized spacial score (nSPS) is 21.6. The molecule has 9 heteroatoms. The van der Waals surface area contributed by atoms with Crippen molar-refractivity contribution in [1.82, 2.24) is 15.1 Å². The second-order valence-electron chi connectivity index (χ2n) is 7.20. The van der Waals surface area contributed by atoms with Gasteiger partial charge in [0.2, 0.25) is 11.9 Å². The first-order valence-electron chi connectivity index (χ1n) is 10.2. The van der Waals surface area contributed by atoms with Crippen LogP contribution in [0.4, 0.5) is 4.79 Å². The summed E-state index contributed by atoms with van der Waals surface area (Å²) in [6.07, 6.45) is -0.341. The third kappa shape index (κ3) is 4.72. The molecule has 1 aromatic rings. The molecule has 2 atom stereocenters. The Morgan fingerprint density at radius 2 is 1.70 bits per heavy atom. The number of nitrogens with one attached hydrogen (secondary N) is 1. The predicted octanol–water partition coefficient (Wildman–Crippen LogP) is 1.48. The van der Waals surface area contributed by atoms with Gasteiger partial charge in [0, 0.05) is 26.2 Å². The molecule has 3 rings (SSSR count). The molecular weight excluding hydrogens is 388 g/mol. The molecule has 0 unspecified atom stereocenters. The molecule has 0 spiro atoms. The minimum absolute atomic E-state index is 0.190. The Morgan fingerprint density at radius 1 is 1.07 bits per heavy atom. The van der Waals surface area contributed by atoms with Crippen LogP contribution in [0.15, 0.2) is 29.3 Å². The van der Waals surface area contributed by atoms with E-state index < -0.39 is 23.8 Å². The number of amides is 2. The highest BCUT2D eigenvalue weighted by atomic mass is 16.6. The average Bonchev–Trinajstić information content (AvgIpc) is 2.74. The molecule has 0 radical (unpaired) electrons. The van der Waals surface area contributed by atoms with Crippen LogP contribution in [0.3, 0.4) is 0 Å². The van der Waals surface area contributed by atoms with Crippen LogP contribution < -0.4 is 5.32 Å². The Bertz CT molecular complexity index is 815. The molecule has 0 aromatic heterocycles. The summed E-state index contributed by atoms with van der Waals surface area (Å²) in [4.78, 5) is 45.5. The summed E-state index contributed by atoms with van der Waals surface area (Å²) in [6.45, 7) is 7.89. The molecule has 2 heterocycles. The summed E-state index contributed by atoms with van der Waals surface area (Å²) in [6, 6.07) is 6.95. The minimum Gasteiger partial charge on any atom is -0.465 e. The number of piperazine rings is 1. The number of aryl methyl sites for hydroxylation is 1. The van der Waals surface area contributed by atoms with Crippen molar-refractivity contribution in [3.05, 3.63) is 35.4 Å². The summed E-state index contributed by atoms with van der Waals surface area (Å²) in [5.41, 5.74) is 1.85. The van der Waals surface area contributed by atoms with E-state index in [-0.39, 0.29) is 12.7 Å². The van der Waals surface area contributed by atoms with E-state index in [4.69, 9.17) is 14.5 Å². The number of hydrogen-bond acceptors (Lipinski definition) is 7. The van der Waals surface area contributed by atoms with Crippen molar-refractivity contribution in [2.75, 3.05) is 39.4 Å². The fourth-order valence-electron chi connectivity index (χ4n) is 3.54. The highest BCUT2D eigenvalue weighted by Crippen LogP contribution is 2.31. The van der Waals surface area contributed by atoms with E-state index in [2.05, 4.69) is 5.32 Å². The van der Waals surface area contributed by atoms with Crippen molar-refractivity contribution in [2.24, 2.45) is 10.9 Å². The van der Waals surface area contributed by atoms with Crippen LogP contribution in [0.25, 0.3) is 0 Å². The van der Waals surface area contributed by atoms with Gasteiger partial charge < -0.3 is 19.3 Å². The van der Waals surface area contributed by atoms with Gasteiger partial charge in [-0.3, -0.25) is 14.9 Å². The van der Waals surface area contributed by atoms with Crippen molar-refractivity contribution in [2.45, 2.75) is 26.8 Å². The lowest BCUT2D eigenvalue weighted by Gasteiger charge is -2.38. The number of benzene rings is 1. The molecule has 2 aliphatic rings. The van der Waals surface area contributed by atoms with E-state index in [9.17, 15) is 14.4 Å². The van der Waals surface area contributed by atoms with Gasteiger partial charge in [-0.15, -0.1) is 0 Å². The molecule has 2 amide bonds. The van der Waals surface area contributed by atoms with Crippen molar-refractivity contribution in [1.29, 1.82) is 0 Å². The van der Waals surface area contributed by atoms with Gasteiger partial charge in [0.25, 0.3) is 0 Å². The predicted molar refractivity (Wildman–Crippen MR) is 110 cm³/mol. The molecular formula is C21H28N4O5. The molecule has 2 aliphatic heterocycles. The van der Waals surface area contributed by atoms with E-state index in [0.29, 0.717) is 38.7 Å². The lowest BCUT2D eigenvalue weighted by atomic mass is 9.91. The first kappa shape index (κ1) is 21.6. The first-order chi connectivity index (χ1) is 14.4. The van der Waals surface area contributed by atoms with E-state index in [1.54, 1.807) is 18.7 Å². The van der Waals surface area contributed by atoms with E-state index in [0.717, 1.165) is 11.1 Å². The standard InChI is InChI=1S/C21H28N4O5/c1-4-29-19(27)16-17(15-8-6-14(3)7-9-15)22-20(23-18(16)26)24-10-12-25(13-11-24)21(28)30-5-2/h6-9,16-17H,4-5,10-13H2,1-3H3,(H,22,23,26)/t16-,17-/m1/s1. The minimum atomic E-state index is -1.04. The fraction of sp³-hybridized carbons (Fsp3) is 0.524. The van der Waals surface area contributed by atoms with Crippen molar-refractivity contribution in [3.8, 4) is 0 Å². The second-order valence-corrected chi connectivity index (χ2v) is 7.20. The molecule has 1 fully saturated rings. The van der Waals surface area contributed by atoms with Gasteiger partial charge in [-0.25, -0.2) is 9.79 Å². The molecule has 30 heavy (non-hydrogen) atoms. The van der Waals surface area contributed by atoms with E-state index in [1.807, 2.05) is 36.1 Å². The maximum atomic E-state index is 12.9. The highest BCUT2D eigenvalue weighted by molar-refractivity contribution is 6.08. The number of esters is 1. The van der Waals surface area contributed by atoms with Gasteiger partial charge >= 0.3 is 12.1 Å². The Morgan fingerprint density at radius 3 is 2.30 bits per heavy atom. The fourth-order valence-corrected chi connectivity index (χ4v) is 3.54. The Balaban J connectivity index is 1.82. The van der Waals surface area contributed by atoms with Gasteiger partial charge in [0.15, 0.2) is 5.92 Å². The Hall–Kier alpha value is -3.10. The van der Waals surface area contributed by atoms with Crippen LogP contribution in [-0.4, -0.2) is 73.1 Å². The SMILES string of the molecule is CCOC(=O)[C@H]1C(=O)NC(N2CCN(C(=O)OCC)CC2)=N[C@@H]1c1ccc(C)cc1. The molecule has 1 aromatic carbocycles. The zero-order valence-corrected chi connectivity index (χ0v) is 17.6. The number of carbonyl (C=O) groups excluding carboxylic acids is 3. The van der Waals surface area contributed by atoms with Crippen LogP contribution in [0, 0.1) is 12.8 Å². The second kappa shape index (κ2) is 9.60. The monoisotopic (exact) mass is 416 g/mol. The van der Waals surface area contributed by atoms with E-state index in [1.165, 1.54) is 0 Å². The topological polar surface area (TPSA) is 101 Å². The maximum absolute atomic E-state index is 12.9. The number of nitrogens with zero attached hydrogens (tertiary/aromatic N) is 3. The molecule has 9 nitrogen and oxygen atoms in total. The van der Waals surface area contributed by atoms with Gasteiger partial charge in [0.1, 0.15) is 6.04 Å². The summed E-state index contributed by atoms with van der Waals surface area (Å²) in [5, 5.41) is 2.76. The molecule has 1 N–H and O–H groups in total. The third-order valence-corrected chi connectivity index (χ3v) is 5.16. The summed E-state index contributed by atoms with van der Waals surface area (Å²) < 4.78 is 10.2. The lowest BCUT2D eigenvalue weighted by Crippen LogP contribution is -2.58. The van der Waals surface area contributed by atoms with Crippen LogP contribution in [0.5, 0.6) is 0 Å². The van der Waals surface area contributed by atoms with Crippen LogP contribution in [0.1, 0.15) is 31.0 Å². The zero-order chi connectivity index (χ0) is 21.7. The van der Waals surface area contributed by atoms with Gasteiger partial charge in [-0.05, 0) is 26.3 Å². The van der Waals surface area contributed by atoms with Crippen LogP contribution in [-0.2, 0) is 19.1 Å². The largest absolute Gasteiger partial charge is 0.465 e. The zero-order valence-electron chi connectivity index (χ0n) is 17.6. The molecule has 1 saturated heterocycles. The molecule has 0 saturated carbocycles. The lowest BCUT2D eigenvalue weighted by molar-refractivity contribution is -0.153. The number of carbonyl (C=O) groups is 3. The van der Waals surface area contributed by atoms with Crippen molar-refractivity contribution < 1.29 is 23.9 Å². The Labute approximate surface area is 176 Å². The Kier molecular flexibility index (Phi) is 6.91. The van der Waals surface area contributed by atoms with Crippen LogP contribution >= 0.6 is 0 Å². The summed E-state index contributed by atoms with van der Waals surface area (Å²) in [5.74, 6) is -1.65. The molecule has 0 aliphatic carbocycles. The smallest absolute Gasteiger partial charge is 0.409 e. The number of rotatable bonds is 4. The van der Waals surface area contributed by atoms with Gasteiger partial charge in [-0.2, -0.15) is 0 Å². The number of aliphatic imine (C=N–C) groups is 1. The number of guanidine groups is 1. The quantitative estimate of drug-likeness (QED) is 0.589. The number of ether oxygens (including phenoxy) is 2. The van der Waals surface area contributed by atoms with Crippen molar-refractivity contribution in [3.63, 3.8) is 0 Å². The first-order valence-corrected chi connectivity index (χ1v) is 10.2.